The number of aliphatic imine (C=N–C) groups is 1. The average molecular weight is 330 g/mol. The van der Waals surface area contributed by atoms with Gasteiger partial charge >= 0.3 is 0 Å². The van der Waals surface area contributed by atoms with E-state index in [2.05, 4.69) is 10.3 Å². The Kier molecular flexibility index (Phi) is 4.03. The molecule has 1 aliphatic rings. The smallest absolute Gasteiger partial charge is 0.219 e. The van der Waals surface area contributed by atoms with E-state index in [4.69, 9.17) is 4.74 Å². The number of hydrogen-bond donors (Lipinski definition) is 1. The first kappa shape index (κ1) is 16.4. The van der Waals surface area contributed by atoms with E-state index < -0.39 is 11.6 Å². The lowest BCUT2D eigenvalue weighted by molar-refractivity contribution is 0.279. The Bertz CT molecular complexity index is 828. The number of nitrogens with zero attached hydrogens (tertiary/aromatic N) is 1. The lowest BCUT2D eigenvalue weighted by Crippen LogP contribution is -2.17. The topological polar surface area (TPSA) is 33.6 Å². The third-order valence-corrected chi connectivity index (χ3v) is 3.93. The highest BCUT2D eigenvalue weighted by Crippen LogP contribution is 2.31. The van der Waals surface area contributed by atoms with Gasteiger partial charge in [0, 0.05) is 5.69 Å². The van der Waals surface area contributed by atoms with Crippen LogP contribution in [0, 0.1) is 25.5 Å². The Morgan fingerprint density at radius 2 is 1.88 bits per heavy atom. The summed E-state index contributed by atoms with van der Waals surface area (Å²) in [6.45, 7) is 8.16. The Labute approximate surface area is 140 Å². The third-order valence-electron chi connectivity index (χ3n) is 3.93. The van der Waals surface area contributed by atoms with Gasteiger partial charge in [-0.25, -0.2) is 13.8 Å². The van der Waals surface area contributed by atoms with E-state index in [9.17, 15) is 8.78 Å². The number of nitrogens with one attached hydrogen (secondary N) is 1. The zero-order chi connectivity index (χ0) is 17.5. The molecule has 0 unspecified atom stereocenters. The molecule has 3 nitrogen and oxygen atoms in total. The fourth-order valence-electron chi connectivity index (χ4n) is 2.66. The molecule has 0 amide bonds. The van der Waals surface area contributed by atoms with Gasteiger partial charge in [-0.1, -0.05) is 17.7 Å². The van der Waals surface area contributed by atoms with Gasteiger partial charge in [-0.15, -0.1) is 0 Å². The first-order chi connectivity index (χ1) is 11.3. The summed E-state index contributed by atoms with van der Waals surface area (Å²) in [5, 5.41) is 3.01. The minimum atomic E-state index is -0.941. The first-order valence-corrected chi connectivity index (χ1v) is 7.82. The van der Waals surface area contributed by atoms with Crippen molar-refractivity contribution in [1.82, 2.24) is 0 Å². The van der Waals surface area contributed by atoms with Gasteiger partial charge in [0.25, 0.3) is 0 Å². The minimum Gasteiger partial charge on any atom is -0.475 e. The van der Waals surface area contributed by atoms with E-state index in [0.717, 1.165) is 17.2 Å². The summed E-state index contributed by atoms with van der Waals surface area (Å²) in [4.78, 5) is 4.47. The molecule has 1 aliphatic heterocycles. The molecule has 2 aromatic carbocycles. The number of aryl methyl sites for hydroxylation is 2. The maximum absolute atomic E-state index is 14.5. The molecular formula is C19H20F2N2O. The molecule has 5 heteroatoms. The monoisotopic (exact) mass is 330 g/mol. The van der Waals surface area contributed by atoms with Crippen LogP contribution in [0.5, 0.6) is 0 Å². The molecule has 0 aliphatic carbocycles. The van der Waals surface area contributed by atoms with Crippen LogP contribution in [0.15, 0.2) is 35.3 Å². The van der Waals surface area contributed by atoms with Crippen molar-refractivity contribution >= 4 is 17.3 Å². The van der Waals surface area contributed by atoms with Crippen molar-refractivity contribution in [1.29, 1.82) is 0 Å². The highest BCUT2D eigenvalue weighted by molar-refractivity contribution is 6.01. The molecule has 0 spiro atoms. The highest BCUT2D eigenvalue weighted by Gasteiger charge is 2.29. The van der Waals surface area contributed by atoms with Crippen LogP contribution < -0.4 is 5.32 Å². The lowest BCUT2D eigenvalue weighted by atomic mass is 10.1. The highest BCUT2D eigenvalue weighted by atomic mass is 19.2. The fraction of sp³-hybridized carbons (Fsp3) is 0.316. The molecule has 0 saturated carbocycles. The van der Waals surface area contributed by atoms with Gasteiger partial charge in [0.1, 0.15) is 6.61 Å². The summed E-state index contributed by atoms with van der Waals surface area (Å²) in [5.41, 5.74) is 2.83. The molecule has 0 radical (unpaired) electrons. The fourth-order valence-corrected chi connectivity index (χ4v) is 2.66. The molecule has 24 heavy (non-hydrogen) atoms. The summed E-state index contributed by atoms with van der Waals surface area (Å²) in [6.07, 6.45) is 0. The standard InChI is InChI=1S/C19H20F2N2O/c1-11-5-8-15(12(2)9-11)22-17-13(6-7-14(20)16(17)21)18-23-19(3,4)10-24-18/h5-9,22H,10H2,1-4H3. The molecular weight excluding hydrogens is 310 g/mol. The van der Waals surface area contributed by atoms with Crippen LogP contribution in [0.4, 0.5) is 20.2 Å². The Morgan fingerprint density at radius 1 is 1.12 bits per heavy atom. The third kappa shape index (κ3) is 3.11. The summed E-state index contributed by atoms with van der Waals surface area (Å²) in [6, 6.07) is 8.32. The molecule has 1 heterocycles. The molecule has 1 N–H and O–H groups in total. The van der Waals surface area contributed by atoms with E-state index in [0.29, 0.717) is 23.8 Å². The molecule has 0 atom stereocenters. The number of ether oxygens (including phenoxy) is 1. The van der Waals surface area contributed by atoms with Crippen molar-refractivity contribution in [2.75, 3.05) is 11.9 Å². The van der Waals surface area contributed by atoms with Crippen molar-refractivity contribution in [2.24, 2.45) is 4.99 Å². The van der Waals surface area contributed by atoms with Gasteiger partial charge < -0.3 is 10.1 Å². The summed E-state index contributed by atoms with van der Waals surface area (Å²) >= 11 is 0. The molecule has 3 rings (SSSR count). The minimum absolute atomic E-state index is 0.0402. The van der Waals surface area contributed by atoms with Crippen molar-refractivity contribution in [2.45, 2.75) is 33.2 Å². The average Bonchev–Trinajstić information content (AvgIpc) is 2.86. The summed E-state index contributed by atoms with van der Waals surface area (Å²) in [5.74, 6) is -1.53. The summed E-state index contributed by atoms with van der Waals surface area (Å²) < 4.78 is 33.8. The maximum Gasteiger partial charge on any atom is 0.219 e. The lowest BCUT2D eigenvalue weighted by Gasteiger charge is -2.15. The normalized spacial score (nSPS) is 15.8. The van der Waals surface area contributed by atoms with Crippen molar-refractivity contribution in [3.63, 3.8) is 0 Å². The second kappa shape index (κ2) is 5.89. The van der Waals surface area contributed by atoms with Gasteiger partial charge in [-0.05, 0) is 51.5 Å². The number of benzene rings is 2. The second-order valence-electron chi connectivity index (χ2n) is 6.75. The first-order valence-electron chi connectivity index (χ1n) is 7.82. The van der Waals surface area contributed by atoms with E-state index in [1.807, 2.05) is 45.9 Å². The van der Waals surface area contributed by atoms with Crippen molar-refractivity contribution in [3.8, 4) is 0 Å². The largest absolute Gasteiger partial charge is 0.475 e. The molecule has 0 aromatic heterocycles. The van der Waals surface area contributed by atoms with Crippen LogP contribution >= 0.6 is 0 Å². The second-order valence-corrected chi connectivity index (χ2v) is 6.75. The van der Waals surface area contributed by atoms with E-state index >= 15 is 0 Å². The zero-order valence-corrected chi connectivity index (χ0v) is 14.2. The number of anilines is 2. The zero-order valence-electron chi connectivity index (χ0n) is 14.2. The number of halogens is 2. The number of hydrogen-bond acceptors (Lipinski definition) is 3. The van der Waals surface area contributed by atoms with E-state index in [-0.39, 0.29) is 11.2 Å². The molecule has 126 valence electrons. The van der Waals surface area contributed by atoms with Gasteiger partial charge in [0.2, 0.25) is 5.90 Å². The van der Waals surface area contributed by atoms with Gasteiger partial charge in [0.05, 0.1) is 16.8 Å². The van der Waals surface area contributed by atoms with E-state index in [1.54, 1.807) is 0 Å². The molecule has 0 saturated heterocycles. The Hall–Kier alpha value is -2.43. The Morgan fingerprint density at radius 3 is 2.50 bits per heavy atom. The van der Waals surface area contributed by atoms with Crippen LogP contribution in [0.2, 0.25) is 0 Å². The van der Waals surface area contributed by atoms with Crippen molar-refractivity contribution < 1.29 is 13.5 Å². The predicted molar refractivity (Wildman–Crippen MR) is 92.1 cm³/mol. The molecule has 0 bridgehead atoms. The molecule has 2 aromatic rings. The van der Waals surface area contributed by atoms with Crippen LogP contribution in [-0.2, 0) is 4.74 Å². The predicted octanol–water partition coefficient (Wildman–Crippen LogP) is 4.88. The number of rotatable bonds is 3. The molecule has 0 fully saturated rings. The quantitative estimate of drug-likeness (QED) is 0.870. The Balaban J connectivity index is 2.08. The van der Waals surface area contributed by atoms with Gasteiger partial charge in [0.15, 0.2) is 11.6 Å². The van der Waals surface area contributed by atoms with Gasteiger partial charge in [-0.3, -0.25) is 0 Å². The maximum atomic E-state index is 14.5. The SMILES string of the molecule is Cc1ccc(Nc2c(C3=NC(C)(C)CO3)ccc(F)c2F)c(C)c1. The van der Waals surface area contributed by atoms with Gasteiger partial charge in [-0.2, -0.15) is 0 Å². The van der Waals surface area contributed by atoms with Crippen LogP contribution in [0.3, 0.4) is 0 Å². The summed E-state index contributed by atoms with van der Waals surface area (Å²) in [7, 11) is 0. The van der Waals surface area contributed by atoms with Crippen molar-refractivity contribution in [3.05, 3.63) is 58.7 Å². The van der Waals surface area contributed by atoms with Crippen LogP contribution in [0.25, 0.3) is 0 Å². The van der Waals surface area contributed by atoms with Crippen LogP contribution in [-0.4, -0.2) is 18.0 Å². The van der Waals surface area contributed by atoms with Crippen LogP contribution in [0.1, 0.15) is 30.5 Å². The van der Waals surface area contributed by atoms with E-state index in [1.165, 1.54) is 6.07 Å².